The molecule has 0 bridgehead atoms. The summed E-state index contributed by atoms with van der Waals surface area (Å²) < 4.78 is 19.5. The SMILES string of the molecule is CC(C)(O)C(C)(C)O[B]c1c(F)ccc2[nH]ccc12.[HH]. The third-order valence-corrected chi connectivity index (χ3v) is 3.67. The zero-order valence-corrected chi connectivity index (χ0v) is 11.6. The van der Waals surface area contributed by atoms with Gasteiger partial charge in [-0.05, 0) is 56.7 Å². The molecule has 0 unspecified atom stereocenters. The van der Waals surface area contributed by atoms with E-state index in [-0.39, 0.29) is 7.24 Å². The van der Waals surface area contributed by atoms with E-state index in [2.05, 4.69) is 4.98 Å². The molecule has 19 heavy (non-hydrogen) atoms. The molecular weight excluding hydrogens is 244 g/mol. The van der Waals surface area contributed by atoms with Crippen LogP contribution in [-0.4, -0.2) is 28.8 Å². The van der Waals surface area contributed by atoms with Crippen LogP contribution in [0.3, 0.4) is 0 Å². The second-order valence-corrected chi connectivity index (χ2v) is 5.70. The Morgan fingerprint density at radius 1 is 1.26 bits per heavy atom. The Balaban J connectivity index is 0.00000200. The molecule has 0 aliphatic heterocycles. The van der Waals surface area contributed by atoms with E-state index >= 15 is 0 Å². The highest BCUT2D eigenvalue weighted by atomic mass is 19.1. The molecule has 5 heteroatoms. The molecule has 2 aromatic rings. The van der Waals surface area contributed by atoms with Gasteiger partial charge in [-0.15, -0.1) is 0 Å². The van der Waals surface area contributed by atoms with Gasteiger partial charge in [0.15, 0.2) is 0 Å². The molecule has 0 atom stereocenters. The fraction of sp³-hybridized carbons (Fsp3) is 0.429. The number of hydrogen-bond donors (Lipinski definition) is 2. The van der Waals surface area contributed by atoms with Crippen LogP contribution in [0.2, 0.25) is 0 Å². The molecule has 0 saturated heterocycles. The topological polar surface area (TPSA) is 45.2 Å². The Kier molecular flexibility index (Phi) is 3.45. The van der Waals surface area contributed by atoms with Gasteiger partial charge in [0.05, 0.1) is 11.2 Å². The largest absolute Gasteiger partial charge is 0.426 e. The van der Waals surface area contributed by atoms with Crippen molar-refractivity contribution >= 4 is 23.8 Å². The van der Waals surface area contributed by atoms with Gasteiger partial charge >= 0.3 is 7.48 Å². The number of rotatable bonds is 4. The van der Waals surface area contributed by atoms with Crippen LogP contribution < -0.4 is 5.46 Å². The number of hydrogen-bond acceptors (Lipinski definition) is 2. The van der Waals surface area contributed by atoms with E-state index in [9.17, 15) is 9.50 Å². The maximum absolute atomic E-state index is 13.9. The van der Waals surface area contributed by atoms with E-state index in [1.807, 2.05) is 0 Å². The summed E-state index contributed by atoms with van der Waals surface area (Å²) >= 11 is 0. The standard InChI is InChI=1S/C14H18BFNO2.H2/c1-13(2,18)14(3,4)19-15-12-9-7-8-17-11(9)6-5-10(12)16;/h5-8,17-18H,1-4H3;1H. The Morgan fingerprint density at radius 2 is 1.95 bits per heavy atom. The smallest absolute Gasteiger partial charge is 0.334 e. The number of fused-ring (bicyclic) bond motifs is 1. The van der Waals surface area contributed by atoms with Crippen LogP contribution in [0.5, 0.6) is 0 Å². The molecule has 0 saturated carbocycles. The highest BCUT2D eigenvalue weighted by Crippen LogP contribution is 2.24. The first-order chi connectivity index (χ1) is 8.72. The molecule has 3 nitrogen and oxygen atoms in total. The summed E-state index contributed by atoms with van der Waals surface area (Å²) in [7, 11) is 1.38. The summed E-state index contributed by atoms with van der Waals surface area (Å²) in [4.78, 5) is 3.02. The average Bonchev–Trinajstić information content (AvgIpc) is 2.74. The van der Waals surface area contributed by atoms with Crippen molar-refractivity contribution in [1.29, 1.82) is 0 Å². The summed E-state index contributed by atoms with van der Waals surface area (Å²) in [5.74, 6) is -0.348. The maximum Gasteiger partial charge on any atom is 0.334 e. The fourth-order valence-electron chi connectivity index (χ4n) is 1.60. The monoisotopic (exact) mass is 264 g/mol. The highest BCUT2D eigenvalue weighted by Gasteiger charge is 2.36. The van der Waals surface area contributed by atoms with E-state index in [1.165, 1.54) is 13.5 Å². The quantitative estimate of drug-likeness (QED) is 0.833. The highest BCUT2D eigenvalue weighted by molar-refractivity contribution is 6.51. The third kappa shape index (κ3) is 2.67. The lowest BCUT2D eigenvalue weighted by molar-refractivity contribution is -0.0893. The average molecular weight is 264 g/mol. The Hall–Kier alpha value is -1.33. The summed E-state index contributed by atoms with van der Waals surface area (Å²) in [6.45, 7) is 6.85. The van der Waals surface area contributed by atoms with Crippen molar-refractivity contribution in [2.45, 2.75) is 38.9 Å². The summed E-state index contributed by atoms with van der Waals surface area (Å²) in [5, 5.41) is 10.8. The van der Waals surface area contributed by atoms with Gasteiger partial charge < -0.3 is 14.7 Å². The predicted molar refractivity (Wildman–Crippen MR) is 77.2 cm³/mol. The number of nitrogens with one attached hydrogen (secondary N) is 1. The van der Waals surface area contributed by atoms with Crippen molar-refractivity contribution in [2.75, 3.05) is 0 Å². The molecule has 103 valence electrons. The van der Waals surface area contributed by atoms with Gasteiger partial charge in [-0.1, -0.05) is 0 Å². The minimum atomic E-state index is -1.04. The van der Waals surface area contributed by atoms with Gasteiger partial charge in [0.2, 0.25) is 0 Å². The molecule has 0 fully saturated rings. The second-order valence-electron chi connectivity index (χ2n) is 5.70. The lowest BCUT2D eigenvalue weighted by Gasteiger charge is -2.37. The van der Waals surface area contributed by atoms with E-state index in [4.69, 9.17) is 4.65 Å². The number of aromatic nitrogens is 1. The van der Waals surface area contributed by atoms with Crippen molar-refractivity contribution in [3.63, 3.8) is 0 Å². The van der Waals surface area contributed by atoms with Crippen molar-refractivity contribution in [2.24, 2.45) is 0 Å². The first-order valence-electron chi connectivity index (χ1n) is 6.21. The first-order valence-corrected chi connectivity index (χ1v) is 6.21. The number of aromatic amines is 1. The number of aliphatic hydroxyl groups is 1. The molecule has 2 N–H and O–H groups in total. The van der Waals surface area contributed by atoms with Gasteiger partial charge in [-0.25, -0.2) is 4.39 Å². The minimum Gasteiger partial charge on any atom is -0.426 e. The Labute approximate surface area is 114 Å². The van der Waals surface area contributed by atoms with Crippen molar-refractivity contribution in [3.05, 3.63) is 30.2 Å². The third-order valence-electron chi connectivity index (χ3n) is 3.67. The molecule has 1 radical (unpaired) electrons. The Bertz CT molecular complexity index is 592. The van der Waals surface area contributed by atoms with Crippen LogP contribution in [0.15, 0.2) is 24.4 Å². The zero-order valence-electron chi connectivity index (χ0n) is 11.6. The van der Waals surface area contributed by atoms with Crippen LogP contribution >= 0.6 is 0 Å². The maximum atomic E-state index is 13.9. The van der Waals surface area contributed by atoms with E-state index in [1.54, 1.807) is 46.0 Å². The molecule has 1 heterocycles. The van der Waals surface area contributed by atoms with Crippen molar-refractivity contribution < 1.29 is 15.6 Å². The molecular formula is C14H20BFNO2. The number of halogens is 1. The van der Waals surface area contributed by atoms with Crippen molar-refractivity contribution in [1.82, 2.24) is 4.98 Å². The molecule has 0 amide bonds. The molecule has 0 aliphatic rings. The Morgan fingerprint density at radius 3 is 2.58 bits per heavy atom. The molecule has 1 aromatic carbocycles. The normalized spacial score (nSPS) is 12.9. The lowest BCUT2D eigenvalue weighted by Crippen LogP contribution is -2.49. The minimum absolute atomic E-state index is 0. The summed E-state index contributed by atoms with van der Waals surface area (Å²) in [5.41, 5.74) is -0.627. The molecule has 2 rings (SSSR count). The molecule has 1 aromatic heterocycles. The van der Waals surface area contributed by atoms with E-state index in [0.717, 1.165) is 10.9 Å². The van der Waals surface area contributed by atoms with E-state index in [0.29, 0.717) is 5.46 Å². The van der Waals surface area contributed by atoms with Crippen LogP contribution in [0, 0.1) is 5.82 Å². The van der Waals surface area contributed by atoms with Gasteiger partial charge in [-0.2, -0.15) is 0 Å². The first kappa shape index (κ1) is 14.1. The molecule has 0 aliphatic carbocycles. The van der Waals surface area contributed by atoms with Crippen molar-refractivity contribution in [3.8, 4) is 0 Å². The summed E-state index contributed by atoms with van der Waals surface area (Å²) in [6.07, 6.45) is 1.75. The van der Waals surface area contributed by atoms with Gasteiger partial charge in [-0.3, -0.25) is 0 Å². The lowest BCUT2D eigenvalue weighted by atomic mass is 9.81. The second kappa shape index (κ2) is 4.65. The van der Waals surface area contributed by atoms with Gasteiger partial charge in [0.1, 0.15) is 5.82 Å². The number of benzene rings is 1. The van der Waals surface area contributed by atoms with Gasteiger partial charge in [0.25, 0.3) is 0 Å². The zero-order chi connectivity index (χ0) is 14.3. The number of H-pyrrole nitrogens is 1. The van der Waals surface area contributed by atoms with Crippen LogP contribution in [0.1, 0.15) is 29.1 Å². The van der Waals surface area contributed by atoms with E-state index < -0.39 is 11.2 Å². The van der Waals surface area contributed by atoms with Crippen LogP contribution in [0.4, 0.5) is 4.39 Å². The predicted octanol–water partition coefficient (Wildman–Crippen LogP) is 2.36. The summed E-state index contributed by atoms with van der Waals surface area (Å²) in [6, 6.07) is 4.87. The fourth-order valence-corrected chi connectivity index (χ4v) is 1.60. The molecule has 0 spiro atoms. The van der Waals surface area contributed by atoms with Crippen LogP contribution in [-0.2, 0) is 4.65 Å². The van der Waals surface area contributed by atoms with Gasteiger partial charge in [0, 0.05) is 13.1 Å². The van der Waals surface area contributed by atoms with Crippen LogP contribution in [0.25, 0.3) is 10.9 Å².